The third-order valence-electron chi connectivity index (χ3n) is 6.80. The van der Waals surface area contributed by atoms with Gasteiger partial charge in [-0.3, -0.25) is 4.79 Å². The Bertz CT molecular complexity index is 1600. The van der Waals surface area contributed by atoms with E-state index in [1.807, 2.05) is 45.0 Å². The van der Waals surface area contributed by atoms with Crippen molar-refractivity contribution in [2.75, 3.05) is 6.61 Å². The van der Waals surface area contributed by atoms with Gasteiger partial charge in [0.2, 0.25) is 5.89 Å². The van der Waals surface area contributed by atoms with Crippen molar-refractivity contribution in [2.24, 2.45) is 17.1 Å². The molecule has 1 atom stereocenters. The van der Waals surface area contributed by atoms with E-state index >= 15 is 0 Å². The number of ether oxygens (including phenoxy) is 3. The van der Waals surface area contributed by atoms with Crippen molar-refractivity contribution >= 4 is 23.0 Å². The number of nitrogens with one attached hydrogen (secondary N) is 1. The molecule has 0 spiro atoms. The van der Waals surface area contributed by atoms with Crippen LogP contribution in [0, 0.1) is 11.3 Å². The number of hydrogen-bond acceptors (Lipinski definition) is 8. The minimum Gasteiger partial charge on any atom is -0.489 e. The third-order valence-corrected chi connectivity index (χ3v) is 6.80. The molecule has 2 aromatic carbocycles. The molecule has 10 nitrogen and oxygen atoms in total. The lowest BCUT2D eigenvalue weighted by Crippen LogP contribution is -2.27. The SMILES string of the molecule is CC(C)(C)CC(OC(N)=O)c1oc(-c2ccc(OC(F)F)c(OCC3CC3)c2)nc1C(=O)NCc1coc2ccccc12. The first-order chi connectivity index (χ1) is 20.5. The Balaban J connectivity index is 1.50. The van der Waals surface area contributed by atoms with Crippen LogP contribution >= 0.6 is 0 Å². The lowest BCUT2D eigenvalue weighted by molar-refractivity contribution is -0.0515. The predicted molar refractivity (Wildman–Crippen MR) is 152 cm³/mol. The quantitative estimate of drug-likeness (QED) is 0.178. The van der Waals surface area contributed by atoms with Crippen LogP contribution in [-0.2, 0) is 11.3 Å². The molecular weight excluding hydrogens is 564 g/mol. The van der Waals surface area contributed by atoms with Gasteiger partial charge in [-0.1, -0.05) is 39.0 Å². The second kappa shape index (κ2) is 12.3. The molecule has 12 heteroatoms. The van der Waals surface area contributed by atoms with Crippen molar-refractivity contribution in [1.29, 1.82) is 0 Å². The Labute approximate surface area is 246 Å². The van der Waals surface area contributed by atoms with Gasteiger partial charge >= 0.3 is 12.7 Å². The van der Waals surface area contributed by atoms with Crippen LogP contribution in [-0.4, -0.2) is 30.2 Å². The van der Waals surface area contributed by atoms with Crippen LogP contribution in [0.4, 0.5) is 13.6 Å². The van der Waals surface area contributed by atoms with E-state index < -0.39 is 24.7 Å². The number of carbonyl (C=O) groups excluding carboxylic acids is 2. The lowest BCUT2D eigenvalue weighted by atomic mass is 9.88. The first kappa shape index (κ1) is 29.9. The van der Waals surface area contributed by atoms with Crippen LogP contribution in [0.15, 0.2) is 57.6 Å². The summed E-state index contributed by atoms with van der Waals surface area (Å²) in [6.45, 7) is 3.20. The van der Waals surface area contributed by atoms with Gasteiger partial charge in [0.25, 0.3) is 5.91 Å². The van der Waals surface area contributed by atoms with E-state index in [1.54, 1.807) is 6.26 Å². The number of para-hydroxylation sites is 1. The van der Waals surface area contributed by atoms with Crippen molar-refractivity contribution in [3.63, 3.8) is 0 Å². The van der Waals surface area contributed by atoms with Crippen molar-refractivity contribution < 1.29 is 41.4 Å². The summed E-state index contributed by atoms with van der Waals surface area (Å²) in [7, 11) is 0. The smallest absolute Gasteiger partial charge is 0.405 e. The van der Waals surface area contributed by atoms with Gasteiger partial charge in [0.05, 0.1) is 12.9 Å². The van der Waals surface area contributed by atoms with Crippen LogP contribution < -0.4 is 20.5 Å². The maximum absolute atomic E-state index is 13.6. The van der Waals surface area contributed by atoms with E-state index in [9.17, 15) is 18.4 Å². The van der Waals surface area contributed by atoms with Crippen molar-refractivity contribution in [3.8, 4) is 23.0 Å². The highest BCUT2D eigenvalue weighted by Crippen LogP contribution is 2.39. The largest absolute Gasteiger partial charge is 0.489 e. The maximum Gasteiger partial charge on any atom is 0.405 e. The lowest BCUT2D eigenvalue weighted by Gasteiger charge is -2.24. The number of hydrogen-bond donors (Lipinski definition) is 2. The molecule has 1 saturated carbocycles. The minimum absolute atomic E-state index is 0.00775. The van der Waals surface area contributed by atoms with Crippen LogP contribution in [0.1, 0.15) is 67.9 Å². The monoisotopic (exact) mass is 597 g/mol. The number of aromatic nitrogens is 1. The van der Waals surface area contributed by atoms with E-state index in [1.165, 1.54) is 18.2 Å². The van der Waals surface area contributed by atoms with Gasteiger partial charge in [-0.15, -0.1) is 0 Å². The maximum atomic E-state index is 13.6. The first-order valence-electron chi connectivity index (χ1n) is 13.9. The molecule has 5 rings (SSSR count). The van der Waals surface area contributed by atoms with E-state index in [0.29, 0.717) is 23.7 Å². The molecule has 0 aliphatic heterocycles. The standard InChI is InChI=1S/C31H33F2N3O7/c1-31(2,3)13-24(42-30(34)38)26-25(27(37)35-14-19-16-40-21-7-5-4-6-20(19)21)36-28(43-26)18-10-11-22(41-29(32)33)23(12-18)39-15-17-8-9-17/h4-7,10-12,16-17,24,29H,8-9,13-15H2,1-3H3,(H2,34,38)(H,35,37). The molecule has 0 saturated heterocycles. The molecule has 43 heavy (non-hydrogen) atoms. The van der Waals surface area contributed by atoms with Crippen molar-refractivity contribution in [1.82, 2.24) is 10.3 Å². The van der Waals surface area contributed by atoms with Crippen LogP contribution in [0.3, 0.4) is 0 Å². The molecule has 228 valence electrons. The summed E-state index contributed by atoms with van der Waals surface area (Å²) in [4.78, 5) is 29.9. The molecule has 2 amide bonds. The molecule has 4 aromatic rings. The van der Waals surface area contributed by atoms with Gasteiger partial charge in [-0.05, 0) is 54.9 Å². The van der Waals surface area contributed by atoms with E-state index in [4.69, 9.17) is 24.0 Å². The van der Waals surface area contributed by atoms with Crippen LogP contribution in [0.25, 0.3) is 22.4 Å². The second-order valence-corrected chi connectivity index (χ2v) is 11.7. The number of fused-ring (bicyclic) bond motifs is 1. The number of oxazole rings is 1. The number of carbonyl (C=O) groups is 2. The number of primary amides is 1. The van der Waals surface area contributed by atoms with Gasteiger partial charge in [-0.25, -0.2) is 9.78 Å². The highest BCUT2D eigenvalue weighted by molar-refractivity contribution is 5.94. The number of nitrogens with zero attached hydrogens (tertiary/aromatic N) is 1. The predicted octanol–water partition coefficient (Wildman–Crippen LogP) is 6.98. The number of amides is 2. The zero-order chi connectivity index (χ0) is 30.7. The van der Waals surface area contributed by atoms with Crippen molar-refractivity contribution in [2.45, 2.75) is 59.3 Å². The first-order valence-corrected chi connectivity index (χ1v) is 13.9. The zero-order valence-corrected chi connectivity index (χ0v) is 24.0. The average molecular weight is 598 g/mol. The molecule has 0 bridgehead atoms. The topological polar surface area (TPSA) is 139 Å². The Morgan fingerprint density at radius 1 is 1.14 bits per heavy atom. The third kappa shape index (κ3) is 7.62. The summed E-state index contributed by atoms with van der Waals surface area (Å²) in [5.41, 5.74) is 6.66. The number of nitrogens with two attached hydrogens (primary N) is 1. The van der Waals surface area contributed by atoms with Gasteiger partial charge in [-0.2, -0.15) is 8.78 Å². The normalized spacial score (nSPS) is 14.1. The molecule has 1 aliphatic carbocycles. The molecule has 2 heterocycles. The summed E-state index contributed by atoms with van der Waals surface area (Å²) < 4.78 is 53.6. The number of halogens is 2. The number of benzene rings is 2. The van der Waals surface area contributed by atoms with Crippen molar-refractivity contribution in [3.05, 3.63) is 65.7 Å². The summed E-state index contributed by atoms with van der Waals surface area (Å²) >= 11 is 0. The molecule has 1 unspecified atom stereocenters. The van der Waals surface area contributed by atoms with Gasteiger partial charge in [0.15, 0.2) is 29.1 Å². The summed E-state index contributed by atoms with van der Waals surface area (Å²) in [5.74, 6) is -0.318. The number of furan rings is 1. The molecular formula is C31H33F2N3O7. The average Bonchev–Trinajstić information content (AvgIpc) is 3.50. The highest BCUT2D eigenvalue weighted by Gasteiger charge is 2.33. The fraction of sp³-hybridized carbons (Fsp3) is 0.387. The Kier molecular flexibility index (Phi) is 8.56. The van der Waals surface area contributed by atoms with Crippen LogP contribution in [0.5, 0.6) is 11.5 Å². The Morgan fingerprint density at radius 3 is 2.60 bits per heavy atom. The fourth-order valence-electron chi connectivity index (χ4n) is 4.59. The molecule has 3 N–H and O–H groups in total. The van der Waals surface area contributed by atoms with E-state index in [2.05, 4.69) is 15.0 Å². The van der Waals surface area contributed by atoms with Gasteiger partial charge in [0.1, 0.15) is 5.58 Å². The summed E-state index contributed by atoms with van der Waals surface area (Å²) in [6, 6.07) is 11.7. The van der Waals surface area contributed by atoms with Gasteiger partial charge in [0, 0.05) is 23.1 Å². The molecule has 1 aliphatic rings. The molecule has 0 radical (unpaired) electrons. The fourth-order valence-corrected chi connectivity index (χ4v) is 4.59. The summed E-state index contributed by atoms with van der Waals surface area (Å²) in [5, 5.41) is 3.67. The number of rotatable bonds is 12. The summed E-state index contributed by atoms with van der Waals surface area (Å²) in [6.07, 6.45) is 1.72. The Morgan fingerprint density at radius 2 is 1.91 bits per heavy atom. The minimum atomic E-state index is -3.05. The van der Waals surface area contributed by atoms with E-state index in [0.717, 1.165) is 23.8 Å². The molecule has 1 fully saturated rings. The molecule has 2 aromatic heterocycles. The highest BCUT2D eigenvalue weighted by atomic mass is 19.3. The Hall–Kier alpha value is -4.61. The van der Waals surface area contributed by atoms with E-state index in [-0.39, 0.29) is 47.2 Å². The second-order valence-electron chi connectivity index (χ2n) is 11.7. The van der Waals surface area contributed by atoms with Crippen LogP contribution in [0.2, 0.25) is 0 Å². The number of alkyl halides is 2. The zero-order valence-electron chi connectivity index (χ0n) is 24.0. The van der Waals surface area contributed by atoms with Gasteiger partial charge < -0.3 is 34.1 Å².